The lowest BCUT2D eigenvalue weighted by atomic mass is 9.77. The summed E-state index contributed by atoms with van der Waals surface area (Å²) in [4.78, 5) is 0. The molecule has 2 heteroatoms. The molecule has 1 aliphatic rings. The first kappa shape index (κ1) is 17.8. The average Bonchev–Trinajstić information content (AvgIpc) is 2.63. The van der Waals surface area contributed by atoms with Gasteiger partial charge in [0.2, 0.25) is 0 Å². The molecule has 3 rings (SSSR count). The Bertz CT molecular complexity index is 753. The van der Waals surface area contributed by atoms with E-state index < -0.39 is 0 Å². The highest BCUT2D eigenvalue weighted by Gasteiger charge is 2.22. The lowest BCUT2D eigenvalue weighted by Gasteiger charge is -2.28. The maximum atomic E-state index is 14.7. The van der Waals surface area contributed by atoms with Gasteiger partial charge in [0.15, 0.2) is 0 Å². The highest BCUT2D eigenvalue weighted by Crippen LogP contribution is 2.38. The van der Waals surface area contributed by atoms with Crippen molar-refractivity contribution < 1.29 is 8.78 Å². The van der Waals surface area contributed by atoms with E-state index in [-0.39, 0.29) is 11.6 Å². The van der Waals surface area contributed by atoms with Gasteiger partial charge in [-0.3, -0.25) is 0 Å². The third-order valence-electron chi connectivity index (χ3n) is 5.55. The number of allylic oxidation sites excluding steroid dienone is 1. The Kier molecular flexibility index (Phi) is 5.67. The van der Waals surface area contributed by atoms with Gasteiger partial charge in [-0.05, 0) is 67.7 Å². The van der Waals surface area contributed by atoms with Crippen LogP contribution in [0.5, 0.6) is 0 Å². The molecular weight excluding hydrogens is 314 g/mol. The van der Waals surface area contributed by atoms with E-state index in [1.807, 2.05) is 13.0 Å². The zero-order valence-electron chi connectivity index (χ0n) is 15.1. The van der Waals surface area contributed by atoms with Crippen molar-refractivity contribution in [3.05, 3.63) is 65.2 Å². The summed E-state index contributed by atoms with van der Waals surface area (Å²) in [5, 5.41) is 0. The molecule has 0 heterocycles. The smallest absolute Gasteiger partial charge is 0.131 e. The van der Waals surface area contributed by atoms with Gasteiger partial charge in [-0.1, -0.05) is 49.8 Å². The fourth-order valence-electron chi connectivity index (χ4n) is 3.93. The second-order valence-electron chi connectivity index (χ2n) is 7.10. The minimum absolute atomic E-state index is 0.256. The van der Waals surface area contributed by atoms with Crippen molar-refractivity contribution in [1.29, 1.82) is 0 Å². The fraction of sp³-hybridized carbons (Fsp3) is 0.391. The molecule has 1 aliphatic carbocycles. The minimum Gasteiger partial charge on any atom is -0.206 e. The molecule has 25 heavy (non-hydrogen) atoms. The van der Waals surface area contributed by atoms with Gasteiger partial charge >= 0.3 is 0 Å². The van der Waals surface area contributed by atoms with Gasteiger partial charge < -0.3 is 0 Å². The van der Waals surface area contributed by atoms with Crippen LogP contribution >= 0.6 is 0 Å². The minimum atomic E-state index is -0.322. The first-order valence-corrected chi connectivity index (χ1v) is 9.34. The van der Waals surface area contributed by atoms with Crippen LogP contribution in [0, 0.1) is 17.6 Å². The van der Waals surface area contributed by atoms with Crippen LogP contribution in [0.1, 0.15) is 63.0 Å². The second kappa shape index (κ2) is 7.95. The molecule has 0 unspecified atom stereocenters. The van der Waals surface area contributed by atoms with Gasteiger partial charge in [-0.2, -0.15) is 0 Å². The molecule has 2 aromatic carbocycles. The summed E-state index contributed by atoms with van der Waals surface area (Å²) in [5.41, 5.74) is 2.67. The molecule has 0 radical (unpaired) electrons. The first-order valence-electron chi connectivity index (χ1n) is 9.34. The molecule has 0 saturated heterocycles. The predicted octanol–water partition coefficient (Wildman–Crippen LogP) is 7.35. The van der Waals surface area contributed by atoms with Gasteiger partial charge in [0.25, 0.3) is 0 Å². The zero-order valence-corrected chi connectivity index (χ0v) is 15.1. The third kappa shape index (κ3) is 4.00. The van der Waals surface area contributed by atoms with E-state index >= 15 is 0 Å². The van der Waals surface area contributed by atoms with Crippen LogP contribution in [-0.4, -0.2) is 0 Å². The second-order valence-corrected chi connectivity index (χ2v) is 7.10. The summed E-state index contributed by atoms with van der Waals surface area (Å²) in [6.45, 7) is 4.10. The van der Waals surface area contributed by atoms with E-state index in [2.05, 4.69) is 6.92 Å². The quantitative estimate of drug-likeness (QED) is 0.546. The average molecular weight is 340 g/mol. The van der Waals surface area contributed by atoms with Gasteiger partial charge in [-0.25, -0.2) is 8.78 Å². The standard InChI is InChI=1S/C23H26F2/c1-3-5-18-10-11-20(15-22(18)24)21-13-12-19(14-23(21)25)17-8-6-16(4-2)7-9-17/h3,5,10-17H,4,6-9H2,1-2H3/b5-3+. The molecule has 132 valence electrons. The maximum absolute atomic E-state index is 14.7. The van der Waals surface area contributed by atoms with Crippen LogP contribution < -0.4 is 0 Å². The van der Waals surface area contributed by atoms with E-state index in [1.165, 1.54) is 25.3 Å². The number of hydrogen-bond donors (Lipinski definition) is 0. The Balaban J connectivity index is 1.82. The van der Waals surface area contributed by atoms with Crippen molar-refractivity contribution in [1.82, 2.24) is 0 Å². The molecular formula is C23H26F2. The summed E-state index contributed by atoms with van der Waals surface area (Å²) < 4.78 is 28.8. The lowest BCUT2D eigenvalue weighted by molar-refractivity contribution is 0.318. The van der Waals surface area contributed by atoms with Crippen molar-refractivity contribution >= 4 is 6.08 Å². The SMILES string of the molecule is C/C=C/c1ccc(-c2ccc(C3CCC(CC)CC3)cc2F)cc1F. The number of rotatable bonds is 4. The van der Waals surface area contributed by atoms with Gasteiger partial charge in [-0.15, -0.1) is 0 Å². The van der Waals surface area contributed by atoms with E-state index in [0.29, 0.717) is 22.6 Å². The highest BCUT2D eigenvalue weighted by atomic mass is 19.1. The largest absolute Gasteiger partial charge is 0.206 e. The molecule has 0 atom stereocenters. The molecule has 0 N–H and O–H groups in total. The van der Waals surface area contributed by atoms with E-state index in [9.17, 15) is 8.78 Å². The molecule has 0 bridgehead atoms. The number of halogens is 2. The van der Waals surface area contributed by atoms with E-state index in [4.69, 9.17) is 0 Å². The van der Waals surface area contributed by atoms with Gasteiger partial charge in [0.1, 0.15) is 11.6 Å². The fourth-order valence-corrected chi connectivity index (χ4v) is 3.93. The first-order chi connectivity index (χ1) is 12.1. The molecule has 2 aromatic rings. The Labute approximate surface area is 149 Å². The Hall–Kier alpha value is -1.96. The normalized spacial score (nSPS) is 21.0. The van der Waals surface area contributed by atoms with Gasteiger partial charge in [0, 0.05) is 11.1 Å². The number of hydrogen-bond acceptors (Lipinski definition) is 0. The van der Waals surface area contributed by atoms with E-state index in [1.54, 1.807) is 36.4 Å². The Morgan fingerprint density at radius 2 is 1.72 bits per heavy atom. The van der Waals surface area contributed by atoms with Crippen LogP contribution in [0.4, 0.5) is 8.78 Å². The van der Waals surface area contributed by atoms with Crippen LogP contribution in [0.25, 0.3) is 17.2 Å². The third-order valence-corrected chi connectivity index (χ3v) is 5.55. The molecule has 0 spiro atoms. The van der Waals surface area contributed by atoms with Gasteiger partial charge in [0.05, 0.1) is 0 Å². The summed E-state index contributed by atoms with van der Waals surface area (Å²) >= 11 is 0. The summed E-state index contributed by atoms with van der Waals surface area (Å²) in [6, 6.07) is 10.4. The summed E-state index contributed by atoms with van der Waals surface area (Å²) in [6.07, 6.45) is 9.51. The highest BCUT2D eigenvalue weighted by molar-refractivity contribution is 5.67. The molecule has 0 nitrogen and oxygen atoms in total. The summed E-state index contributed by atoms with van der Waals surface area (Å²) in [5.74, 6) is 0.712. The van der Waals surface area contributed by atoms with Crippen molar-refractivity contribution in [3.63, 3.8) is 0 Å². The van der Waals surface area contributed by atoms with Crippen molar-refractivity contribution in [2.75, 3.05) is 0 Å². The monoisotopic (exact) mass is 340 g/mol. The Morgan fingerprint density at radius 3 is 2.32 bits per heavy atom. The summed E-state index contributed by atoms with van der Waals surface area (Å²) in [7, 11) is 0. The van der Waals surface area contributed by atoms with Crippen LogP contribution in [-0.2, 0) is 0 Å². The molecule has 1 saturated carbocycles. The molecule has 0 aliphatic heterocycles. The number of benzene rings is 2. The van der Waals surface area contributed by atoms with Crippen molar-refractivity contribution in [3.8, 4) is 11.1 Å². The molecule has 0 amide bonds. The topological polar surface area (TPSA) is 0 Å². The van der Waals surface area contributed by atoms with Crippen molar-refractivity contribution in [2.24, 2.45) is 5.92 Å². The van der Waals surface area contributed by atoms with E-state index in [0.717, 1.165) is 24.3 Å². The Morgan fingerprint density at radius 1 is 0.960 bits per heavy atom. The lowest BCUT2D eigenvalue weighted by Crippen LogP contribution is -2.12. The van der Waals surface area contributed by atoms with Crippen LogP contribution in [0.2, 0.25) is 0 Å². The zero-order chi connectivity index (χ0) is 17.8. The predicted molar refractivity (Wildman–Crippen MR) is 101 cm³/mol. The molecule has 0 aromatic heterocycles. The van der Waals surface area contributed by atoms with Crippen LogP contribution in [0.15, 0.2) is 42.5 Å². The van der Waals surface area contributed by atoms with Crippen molar-refractivity contribution in [2.45, 2.75) is 51.9 Å². The molecule has 1 fully saturated rings. The maximum Gasteiger partial charge on any atom is 0.131 e. The van der Waals surface area contributed by atoms with Crippen LogP contribution in [0.3, 0.4) is 0 Å².